The number of hydrogen-bond acceptors (Lipinski definition) is 6. The van der Waals surface area contributed by atoms with Crippen molar-refractivity contribution in [3.05, 3.63) is 64.8 Å². The molecule has 11 heteroatoms. The van der Waals surface area contributed by atoms with Crippen LogP contribution in [-0.2, 0) is 24.3 Å². The monoisotopic (exact) mass is 486 g/mol. The number of rotatable bonds is 3. The minimum atomic E-state index is -5.08. The summed E-state index contributed by atoms with van der Waals surface area (Å²) in [6, 6.07) is 16.0. The van der Waals surface area contributed by atoms with Gasteiger partial charge in [0, 0.05) is 42.9 Å². The zero-order valence-corrected chi connectivity index (χ0v) is 18.4. The SMILES string of the molecule is N#Cc1cccc(-c2n[nH]c3c2CN(Cc2ccc4c(c2)OCCO4)CC3)c1.O=C(O)C(F)(F)F. The Hall–Kier alpha value is -4.04. The number of nitriles is 1. The number of halogens is 3. The lowest BCUT2D eigenvalue weighted by atomic mass is 9.99. The molecule has 2 N–H and O–H groups in total. The number of benzene rings is 2. The van der Waals surface area contributed by atoms with Crippen LogP contribution in [0.5, 0.6) is 11.5 Å². The van der Waals surface area contributed by atoms with Crippen LogP contribution in [-0.4, -0.2) is 52.1 Å². The third-order valence-corrected chi connectivity index (χ3v) is 5.53. The average molecular weight is 486 g/mol. The fourth-order valence-corrected chi connectivity index (χ4v) is 3.91. The minimum Gasteiger partial charge on any atom is -0.486 e. The van der Waals surface area contributed by atoms with Crippen molar-refractivity contribution < 1.29 is 32.5 Å². The molecule has 8 nitrogen and oxygen atoms in total. The minimum absolute atomic E-state index is 0.601. The number of carboxylic acids is 1. The molecule has 0 unspecified atom stereocenters. The molecule has 35 heavy (non-hydrogen) atoms. The van der Waals surface area contributed by atoms with Crippen LogP contribution in [0.4, 0.5) is 13.2 Å². The number of H-pyrrole nitrogens is 1. The third kappa shape index (κ3) is 5.73. The number of alkyl halides is 3. The van der Waals surface area contributed by atoms with E-state index in [4.69, 9.17) is 19.4 Å². The second-order valence-electron chi connectivity index (χ2n) is 7.96. The van der Waals surface area contributed by atoms with E-state index in [9.17, 15) is 18.4 Å². The Balaban J connectivity index is 0.000000364. The Morgan fingerprint density at radius 1 is 1.17 bits per heavy atom. The Morgan fingerprint density at radius 2 is 1.91 bits per heavy atom. The van der Waals surface area contributed by atoms with Crippen molar-refractivity contribution in [2.24, 2.45) is 0 Å². The van der Waals surface area contributed by atoms with Crippen LogP contribution in [0, 0.1) is 11.3 Å². The van der Waals surface area contributed by atoms with Gasteiger partial charge >= 0.3 is 12.1 Å². The number of aliphatic carboxylic acids is 1. The first kappa shape index (κ1) is 24.1. The molecule has 5 rings (SSSR count). The van der Waals surface area contributed by atoms with Crippen LogP contribution >= 0.6 is 0 Å². The van der Waals surface area contributed by atoms with Crippen molar-refractivity contribution in [1.29, 1.82) is 5.26 Å². The lowest BCUT2D eigenvalue weighted by molar-refractivity contribution is -0.192. The van der Waals surface area contributed by atoms with Crippen molar-refractivity contribution >= 4 is 5.97 Å². The molecule has 182 valence electrons. The number of fused-ring (bicyclic) bond motifs is 2. The number of hydrogen-bond donors (Lipinski definition) is 2. The summed E-state index contributed by atoms with van der Waals surface area (Å²) in [6.45, 7) is 3.85. The molecule has 0 saturated heterocycles. The van der Waals surface area contributed by atoms with E-state index < -0.39 is 12.1 Å². The zero-order chi connectivity index (χ0) is 25.0. The van der Waals surface area contributed by atoms with Crippen molar-refractivity contribution in [3.8, 4) is 28.8 Å². The van der Waals surface area contributed by atoms with Crippen molar-refractivity contribution in [1.82, 2.24) is 15.1 Å². The number of ether oxygens (including phenoxy) is 2. The Bertz CT molecular complexity index is 1270. The standard InChI is InChI=1S/C22H20N4O2.C2HF3O2/c23-12-15-2-1-3-17(10-15)22-18-14-26(7-6-19(18)24-25-22)13-16-4-5-20-21(11-16)28-9-8-27-20;3-2(4,5)1(6)7/h1-5,10-11H,6-9,13-14H2,(H,24,25);(H,6,7). The highest BCUT2D eigenvalue weighted by Crippen LogP contribution is 2.33. The van der Waals surface area contributed by atoms with Crippen LogP contribution < -0.4 is 9.47 Å². The van der Waals surface area contributed by atoms with E-state index in [1.54, 1.807) is 0 Å². The fourth-order valence-electron chi connectivity index (χ4n) is 3.91. The molecular formula is C24H21F3N4O4. The molecule has 0 atom stereocenters. The van der Waals surface area contributed by atoms with Gasteiger partial charge in [0.2, 0.25) is 0 Å². The molecule has 2 aromatic carbocycles. The Labute approximate surface area is 198 Å². The first-order valence-corrected chi connectivity index (χ1v) is 10.7. The topological polar surface area (TPSA) is 111 Å². The molecule has 2 aliphatic rings. The summed E-state index contributed by atoms with van der Waals surface area (Å²) in [6.07, 6.45) is -4.15. The first-order chi connectivity index (χ1) is 16.7. The Morgan fingerprint density at radius 3 is 2.63 bits per heavy atom. The number of aromatic amines is 1. The van der Waals surface area contributed by atoms with Crippen LogP contribution in [0.1, 0.15) is 22.4 Å². The molecule has 0 radical (unpaired) electrons. The van der Waals surface area contributed by atoms with E-state index in [1.165, 1.54) is 16.8 Å². The lowest BCUT2D eigenvalue weighted by Gasteiger charge is -2.27. The second-order valence-corrected chi connectivity index (χ2v) is 7.96. The van der Waals surface area contributed by atoms with Gasteiger partial charge in [-0.15, -0.1) is 0 Å². The average Bonchev–Trinajstić information content (AvgIpc) is 3.27. The van der Waals surface area contributed by atoms with E-state index >= 15 is 0 Å². The third-order valence-electron chi connectivity index (χ3n) is 5.53. The molecule has 0 spiro atoms. The maximum Gasteiger partial charge on any atom is 0.490 e. The summed E-state index contributed by atoms with van der Waals surface area (Å²) in [5.41, 5.74) is 6.20. The van der Waals surface area contributed by atoms with Crippen molar-refractivity contribution in [2.45, 2.75) is 25.7 Å². The maximum atomic E-state index is 10.6. The molecule has 0 amide bonds. The summed E-state index contributed by atoms with van der Waals surface area (Å²) >= 11 is 0. The predicted molar refractivity (Wildman–Crippen MR) is 118 cm³/mol. The zero-order valence-electron chi connectivity index (χ0n) is 18.4. The number of carboxylic acid groups (broad SMARTS) is 1. The van der Waals surface area contributed by atoms with Gasteiger partial charge in [0.15, 0.2) is 11.5 Å². The van der Waals surface area contributed by atoms with Gasteiger partial charge in [-0.2, -0.15) is 23.5 Å². The van der Waals surface area contributed by atoms with Crippen LogP contribution in [0.3, 0.4) is 0 Å². The molecule has 1 aromatic heterocycles. The smallest absolute Gasteiger partial charge is 0.486 e. The molecule has 0 fully saturated rings. The van der Waals surface area contributed by atoms with E-state index in [0.29, 0.717) is 18.8 Å². The molecule has 0 bridgehead atoms. The number of carbonyl (C=O) groups is 1. The summed E-state index contributed by atoms with van der Waals surface area (Å²) < 4.78 is 43.1. The van der Waals surface area contributed by atoms with Gasteiger partial charge in [-0.1, -0.05) is 18.2 Å². The number of nitrogens with zero attached hydrogens (tertiary/aromatic N) is 3. The quantitative estimate of drug-likeness (QED) is 0.577. The highest BCUT2D eigenvalue weighted by atomic mass is 19.4. The van der Waals surface area contributed by atoms with Gasteiger partial charge in [-0.3, -0.25) is 10.00 Å². The summed E-state index contributed by atoms with van der Waals surface area (Å²) in [4.78, 5) is 11.3. The number of aromatic nitrogens is 2. The molecular weight excluding hydrogens is 465 g/mol. The number of nitrogens with one attached hydrogen (secondary N) is 1. The van der Waals surface area contributed by atoms with Crippen molar-refractivity contribution in [3.63, 3.8) is 0 Å². The maximum absolute atomic E-state index is 10.6. The second kappa shape index (κ2) is 10.1. The highest BCUT2D eigenvalue weighted by molar-refractivity contribution is 5.73. The van der Waals surface area contributed by atoms with Gasteiger partial charge in [0.1, 0.15) is 13.2 Å². The van der Waals surface area contributed by atoms with Gasteiger partial charge in [0.25, 0.3) is 0 Å². The fraction of sp³-hybridized carbons (Fsp3) is 0.292. The van der Waals surface area contributed by atoms with Gasteiger partial charge in [0.05, 0.1) is 17.3 Å². The van der Waals surface area contributed by atoms with Crippen LogP contribution in [0.2, 0.25) is 0 Å². The van der Waals surface area contributed by atoms with Gasteiger partial charge in [-0.25, -0.2) is 4.79 Å². The van der Waals surface area contributed by atoms with Crippen LogP contribution in [0.15, 0.2) is 42.5 Å². The molecule has 3 heterocycles. The predicted octanol–water partition coefficient (Wildman–Crippen LogP) is 3.91. The summed E-state index contributed by atoms with van der Waals surface area (Å²) in [7, 11) is 0. The summed E-state index contributed by atoms with van der Waals surface area (Å²) in [5.74, 6) is -1.10. The first-order valence-electron chi connectivity index (χ1n) is 10.7. The molecule has 0 aliphatic carbocycles. The van der Waals surface area contributed by atoms with Crippen molar-refractivity contribution in [2.75, 3.05) is 19.8 Å². The molecule has 0 saturated carbocycles. The largest absolute Gasteiger partial charge is 0.490 e. The molecule has 3 aromatic rings. The van der Waals surface area contributed by atoms with E-state index in [0.717, 1.165) is 48.8 Å². The summed E-state index contributed by atoms with van der Waals surface area (Å²) in [5, 5.41) is 24.0. The van der Waals surface area contributed by atoms with E-state index in [1.807, 2.05) is 30.3 Å². The van der Waals surface area contributed by atoms with Crippen LogP contribution in [0.25, 0.3) is 11.3 Å². The highest BCUT2D eigenvalue weighted by Gasteiger charge is 2.38. The van der Waals surface area contributed by atoms with Gasteiger partial charge < -0.3 is 14.6 Å². The normalized spacial score (nSPS) is 14.8. The van der Waals surface area contributed by atoms with Gasteiger partial charge in [-0.05, 0) is 29.8 Å². The molecule has 2 aliphatic heterocycles. The van der Waals surface area contributed by atoms with E-state index in [2.05, 4.69) is 33.3 Å². The lowest BCUT2D eigenvalue weighted by Crippen LogP contribution is -2.30. The Kier molecular flexibility index (Phi) is 6.93. The van der Waals surface area contributed by atoms with E-state index in [-0.39, 0.29) is 0 Å².